The smallest absolute Gasteiger partial charge is 0.136 e. The Kier molecular flexibility index (Phi) is 6.60. The summed E-state index contributed by atoms with van der Waals surface area (Å²) in [6.45, 7) is 0. The number of para-hydroxylation sites is 3. The van der Waals surface area contributed by atoms with Crippen molar-refractivity contribution in [3.8, 4) is 22.3 Å². The molecule has 0 aliphatic carbocycles. The minimum absolute atomic E-state index is 0.871. The lowest BCUT2D eigenvalue weighted by atomic mass is 9.96. The number of furan rings is 3. The SMILES string of the molecule is c1cc(-c2ccc(N(c3ccc4oc5ccccc5c4c3)c3ccc4oc5ccccc5c4c3)cc2)cc(-c2ccc3c(ccc4oc5ccccc5c43)c2)c1. The van der Waals surface area contributed by atoms with E-state index in [-0.39, 0.29) is 0 Å². The fraction of sp³-hybridized carbons (Fsp3) is 0. The summed E-state index contributed by atoms with van der Waals surface area (Å²) in [7, 11) is 0. The molecule has 0 amide bonds. The van der Waals surface area contributed by atoms with Crippen LogP contribution in [0.2, 0.25) is 0 Å². The van der Waals surface area contributed by atoms with Crippen molar-refractivity contribution in [2.75, 3.05) is 4.90 Å². The summed E-state index contributed by atoms with van der Waals surface area (Å²) in [5, 5.41) is 9.09. The van der Waals surface area contributed by atoms with E-state index < -0.39 is 0 Å². The quantitative estimate of drug-likeness (QED) is 0.178. The fourth-order valence-corrected chi connectivity index (χ4v) is 8.57. The molecule has 0 radical (unpaired) electrons. The van der Waals surface area contributed by atoms with Gasteiger partial charge in [0.2, 0.25) is 0 Å². The third-order valence-electron chi connectivity index (χ3n) is 11.2. The summed E-state index contributed by atoms with van der Waals surface area (Å²) in [5.74, 6) is 0. The van der Waals surface area contributed by atoms with Crippen molar-refractivity contribution in [2.24, 2.45) is 0 Å². The molecule has 0 fully saturated rings. The Morgan fingerprint density at radius 1 is 0.268 bits per heavy atom. The van der Waals surface area contributed by atoms with Gasteiger partial charge in [0.05, 0.1) is 0 Å². The zero-order chi connectivity index (χ0) is 36.7. The van der Waals surface area contributed by atoms with Crippen molar-refractivity contribution in [3.05, 3.63) is 188 Å². The van der Waals surface area contributed by atoms with Crippen molar-refractivity contribution >= 4 is 93.7 Å². The second-order valence-corrected chi connectivity index (χ2v) is 14.5. The minimum atomic E-state index is 0.871. The predicted molar refractivity (Wildman–Crippen MR) is 231 cm³/mol. The van der Waals surface area contributed by atoms with Crippen molar-refractivity contribution in [1.82, 2.24) is 0 Å². The maximum atomic E-state index is 6.22. The average Bonchev–Trinajstić information content (AvgIpc) is 3.95. The Morgan fingerprint density at radius 2 is 0.750 bits per heavy atom. The van der Waals surface area contributed by atoms with Crippen LogP contribution < -0.4 is 4.90 Å². The van der Waals surface area contributed by atoms with Crippen molar-refractivity contribution < 1.29 is 13.3 Å². The molecule has 0 saturated carbocycles. The monoisotopic (exact) mass is 717 g/mol. The topological polar surface area (TPSA) is 42.7 Å². The lowest BCUT2D eigenvalue weighted by molar-refractivity contribution is 0.668. The molecule has 4 heteroatoms. The first kappa shape index (κ1) is 30.9. The molecule has 0 aliphatic heterocycles. The second-order valence-electron chi connectivity index (χ2n) is 14.5. The van der Waals surface area contributed by atoms with E-state index in [9.17, 15) is 0 Å². The number of nitrogens with zero attached hydrogens (tertiary/aromatic N) is 1. The fourth-order valence-electron chi connectivity index (χ4n) is 8.57. The maximum Gasteiger partial charge on any atom is 0.136 e. The Hall–Kier alpha value is -7.56. The van der Waals surface area contributed by atoms with Crippen LogP contribution in [0.4, 0.5) is 17.1 Å². The Morgan fingerprint density at radius 3 is 1.41 bits per heavy atom. The van der Waals surface area contributed by atoms with Gasteiger partial charge in [0, 0.05) is 49.4 Å². The molecular formula is C52H31NO3. The average molecular weight is 718 g/mol. The standard InChI is InChI=1S/C52H31NO3/c1-4-13-46-41(10-1)44-30-38(22-26-49(44)54-46)53(39-23-27-50-45(31-39)42-11-2-5-14-47(42)55-50)37-20-16-32(17-21-37)33-8-7-9-34(28-33)35-18-24-40-36(29-35)19-25-51-52(40)43-12-3-6-15-48(43)56-51/h1-31H. The summed E-state index contributed by atoms with van der Waals surface area (Å²) in [6, 6.07) is 66.3. The third kappa shape index (κ3) is 4.79. The number of anilines is 3. The van der Waals surface area contributed by atoms with Gasteiger partial charge in [-0.15, -0.1) is 0 Å². The minimum Gasteiger partial charge on any atom is -0.456 e. The molecule has 0 aliphatic rings. The summed E-state index contributed by atoms with van der Waals surface area (Å²) in [5.41, 5.74) is 13.2. The molecule has 0 N–H and O–H groups in total. The van der Waals surface area contributed by atoms with E-state index in [1.54, 1.807) is 0 Å². The summed E-state index contributed by atoms with van der Waals surface area (Å²) in [4.78, 5) is 2.32. The lowest BCUT2D eigenvalue weighted by Gasteiger charge is -2.26. The molecule has 0 atom stereocenters. The van der Waals surface area contributed by atoms with Gasteiger partial charge in [-0.3, -0.25) is 0 Å². The van der Waals surface area contributed by atoms with Gasteiger partial charge in [-0.1, -0.05) is 103 Å². The highest BCUT2D eigenvalue weighted by Gasteiger charge is 2.18. The molecule has 0 spiro atoms. The van der Waals surface area contributed by atoms with E-state index >= 15 is 0 Å². The van der Waals surface area contributed by atoms with E-state index in [1.807, 2.05) is 36.4 Å². The van der Waals surface area contributed by atoms with Crippen LogP contribution >= 0.6 is 0 Å². The van der Waals surface area contributed by atoms with Gasteiger partial charge in [0.25, 0.3) is 0 Å². The first-order valence-corrected chi connectivity index (χ1v) is 18.9. The highest BCUT2D eigenvalue weighted by molar-refractivity contribution is 6.19. The normalized spacial score (nSPS) is 11.9. The van der Waals surface area contributed by atoms with Gasteiger partial charge < -0.3 is 18.2 Å². The van der Waals surface area contributed by atoms with E-state index in [2.05, 4.69) is 157 Å². The molecule has 0 unspecified atom stereocenters. The first-order chi connectivity index (χ1) is 27.7. The van der Waals surface area contributed by atoms with Gasteiger partial charge in [-0.05, 0) is 118 Å². The van der Waals surface area contributed by atoms with Crippen LogP contribution in [0.5, 0.6) is 0 Å². The maximum absolute atomic E-state index is 6.22. The molecule has 3 aromatic heterocycles. The molecule has 0 bridgehead atoms. The van der Waals surface area contributed by atoms with Crippen LogP contribution in [0.25, 0.3) is 98.8 Å². The predicted octanol–water partition coefficient (Wildman–Crippen LogP) is 15.3. The van der Waals surface area contributed by atoms with Gasteiger partial charge >= 0.3 is 0 Å². The molecule has 262 valence electrons. The Labute approximate surface area is 321 Å². The van der Waals surface area contributed by atoms with Crippen LogP contribution in [-0.2, 0) is 0 Å². The zero-order valence-corrected chi connectivity index (χ0v) is 30.1. The molecule has 0 saturated heterocycles. The van der Waals surface area contributed by atoms with Crippen molar-refractivity contribution in [2.45, 2.75) is 0 Å². The molecule has 3 heterocycles. The number of rotatable bonds is 5. The highest BCUT2D eigenvalue weighted by atomic mass is 16.3. The van der Waals surface area contributed by atoms with Crippen LogP contribution in [0.1, 0.15) is 0 Å². The number of hydrogen-bond donors (Lipinski definition) is 0. The molecular weight excluding hydrogens is 687 g/mol. The van der Waals surface area contributed by atoms with Crippen LogP contribution in [0.3, 0.4) is 0 Å². The molecule has 12 aromatic rings. The van der Waals surface area contributed by atoms with Crippen LogP contribution in [-0.4, -0.2) is 0 Å². The molecule has 56 heavy (non-hydrogen) atoms. The lowest BCUT2D eigenvalue weighted by Crippen LogP contribution is -2.09. The van der Waals surface area contributed by atoms with E-state index in [4.69, 9.17) is 13.3 Å². The number of fused-ring (bicyclic) bond motifs is 11. The van der Waals surface area contributed by atoms with E-state index in [1.165, 1.54) is 27.3 Å². The largest absolute Gasteiger partial charge is 0.456 e. The van der Waals surface area contributed by atoms with Gasteiger partial charge in [0.15, 0.2) is 0 Å². The van der Waals surface area contributed by atoms with Gasteiger partial charge in [-0.25, -0.2) is 0 Å². The second kappa shape index (κ2) is 12.0. The number of hydrogen-bond acceptors (Lipinski definition) is 4. The van der Waals surface area contributed by atoms with Gasteiger partial charge in [-0.2, -0.15) is 0 Å². The first-order valence-electron chi connectivity index (χ1n) is 18.9. The van der Waals surface area contributed by atoms with Crippen molar-refractivity contribution in [1.29, 1.82) is 0 Å². The zero-order valence-electron chi connectivity index (χ0n) is 30.1. The van der Waals surface area contributed by atoms with Crippen LogP contribution in [0.15, 0.2) is 201 Å². The Bertz CT molecular complexity index is 3380. The summed E-state index contributed by atoms with van der Waals surface area (Å²) in [6.07, 6.45) is 0. The number of benzene rings is 9. The highest BCUT2D eigenvalue weighted by Crippen LogP contribution is 2.42. The molecule has 9 aromatic carbocycles. The van der Waals surface area contributed by atoms with Crippen molar-refractivity contribution in [3.63, 3.8) is 0 Å². The van der Waals surface area contributed by atoms with Crippen LogP contribution in [0, 0.1) is 0 Å². The molecule has 12 rings (SSSR count). The summed E-state index contributed by atoms with van der Waals surface area (Å²) < 4.78 is 18.6. The third-order valence-corrected chi connectivity index (χ3v) is 11.2. The molecule has 4 nitrogen and oxygen atoms in total. The van der Waals surface area contributed by atoms with E-state index in [0.29, 0.717) is 0 Å². The summed E-state index contributed by atoms with van der Waals surface area (Å²) >= 11 is 0. The van der Waals surface area contributed by atoms with E-state index in [0.717, 1.165) is 88.6 Å². The van der Waals surface area contributed by atoms with Gasteiger partial charge in [0.1, 0.15) is 33.5 Å². The Balaban J connectivity index is 0.944.